The normalized spacial score (nSPS) is 14.9. The van der Waals surface area contributed by atoms with E-state index in [1.165, 1.54) is 34.1 Å². The van der Waals surface area contributed by atoms with Gasteiger partial charge in [-0.05, 0) is 24.3 Å². The molecule has 0 bridgehead atoms. The lowest BCUT2D eigenvalue weighted by molar-refractivity contribution is -0.138. The molecule has 0 aromatic heterocycles. The largest absolute Gasteiger partial charge is 0.507 e. The highest BCUT2D eigenvalue weighted by molar-refractivity contribution is 5.98. The molecule has 2 amide bonds. The van der Waals surface area contributed by atoms with E-state index in [9.17, 15) is 27.9 Å². The molecule has 0 aliphatic carbocycles. The lowest BCUT2D eigenvalue weighted by Crippen LogP contribution is -2.50. The summed E-state index contributed by atoms with van der Waals surface area (Å²) >= 11 is 0. The lowest BCUT2D eigenvalue weighted by atomic mass is 10.1. The molecule has 1 saturated heterocycles. The van der Waals surface area contributed by atoms with Crippen LogP contribution in [-0.2, 0) is 6.18 Å². The van der Waals surface area contributed by atoms with Crippen molar-refractivity contribution in [1.29, 1.82) is 0 Å². The number of piperazine rings is 1. The first-order valence-corrected chi connectivity index (χ1v) is 8.32. The maximum atomic E-state index is 13.1. The first kappa shape index (κ1) is 18.8. The number of nitrogens with zero attached hydrogens (tertiary/aromatic N) is 2. The van der Waals surface area contributed by atoms with Crippen LogP contribution < -0.4 is 0 Å². The van der Waals surface area contributed by atoms with E-state index in [4.69, 9.17) is 0 Å². The maximum Gasteiger partial charge on any atom is 0.417 e. The van der Waals surface area contributed by atoms with Crippen molar-refractivity contribution in [2.75, 3.05) is 26.2 Å². The van der Waals surface area contributed by atoms with Crippen LogP contribution in [0.1, 0.15) is 26.3 Å². The van der Waals surface area contributed by atoms with Crippen LogP contribution in [0, 0.1) is 0 Å². The minimum atomic E-state index is -4.62. The van der Waals surface area contributed by atoms with Crippen LogP contribution in [-0.4, -0.2) is 52.9 Å². The Morgan fingerprint density at radius 2 is 1.22 bits per heavy atom. The second-order valence-electron chi connectivity index (χ2n) is 6.14. The number of benzene rings is 2. The van der Waals surface area contributed by atoms with E-state index in [1.54, 1.807) is 12.1 Å². The third-order valence-corrected chi connectivity index (χ3v) is 4.45. The molecule has 1 fully saturated rings. The average molecular weight is 378 g/mol. The molecular formula is C19H17F3N2O3. The molecule has 0 saturated carbocycles. The molecule has 8 heteroatoms. The van der Waals surface area contributed by atoms with Crippen molar-refractivity contribution >= 4 is 11.8 Å². The average Bonchev–Trinajstić information content (AvgIpc) is 2.67. The fraction of sp³-hybridized carbons (Fsp3) is 0.263. The van der Waals surface area contributed by atoms with E-state index >= 15 is 0 Å². The number of para-hydroxylation sites is 1. The van der Waals surface area contributed by atoms with Gasteiger partial charge < -0.3 is 14.9 Å². The van der Waals surface area contributed by atoms with Crippen LogP contribution in [0.3, 0.4) is 0 Å². The fourth-order valence-electron chi connectivity index (χ4n) is 3.02. The van der Waals surface area contributed by atoms with Crippen LogP contribution in [0.5, 0.6) is 5.75 Å². The third kappa shape index (κ3) is 3.89. The van der Waals surface area contributed by atoms with Gasteiger partial charge in [-0.25, -0.2) is 0 Å². The highest BCUT2D eigenvalue weighted by Gasteiger charge is 2.36. The molecule has 3 rings (SSSR count). The number of phenolic OH excluding ortho intramolecular Hbond substituents is 1. The van der Waals surface area contributed by atoms with Gasteiger partial charge in [-0.15, -0.1) is 0 Å². The number of hydrogen-bond acceptors (Lipinski definition) is 3. The predicted octanol–water partition coefficient (Wildman–Crippen LogP) is 3.01. The molecular weight excluding hydrogens is 361 g/mol. The Balaban J connectivity index is 1.71. The number of phenols is 1. The molecule has 5 nitrogen and oxygen atoms in total. The molecule has 0 atom stereocenters. The maximum absolute atomic E-state index is 13.1. The zero-order valence-electron chi connectivity index (χ0n) is 14.2. The molecule has 0 radical (unpaired) electrons. The number of halogens is 3. The number of aromatic hydroxyl groups is 1. The number of carbonyl (C=O) groups excluding carboxylic acids is 2. The quantitative estimate of drug-likeness (QED) is 0.874. The van der Waals surface area contributed by atoms with Crippen LogP contribution in [0.4, 0.5) is 13.2 Å². The lowest BCUT2D eigenvalue weighted by Gasteiger charge is -2.35. The molecule has 0 unspecified atom stereocenters. The van der Waals surface area contributed by atoms with Gasteiger partial charge in [0.1, 0.15) is 5.75 Å². The van der Waals surface area contributed by atoms with Gasteiger partial charge in [0.05, 0.1) is 16.7 Å². The van der Waals surface area contributed by atoms with Crippen molar-refractivity contribution < 1.29 is 27.9 Å². The standard InChI is InChI=1S/C19H17F3N2O3/c20-19(21,22)15-7-3-1-5-13(15)17(26)23-9-11-24(12-10-23)18(27)14-6-2-4-8-16(14)25/h1-8,25H,9-12H2. The number of amides is 2. The smallest absolute Gasteiger partial charge is 0.417 e. The summed E-state index contributed by atoms with van der Waals surface area (Å²) < 4.78 is 39.4. The summed E-state index contributed by atoms with van der Waals surface area (Å²) in [6.45, 7) is 0.578. The summed E-state index contributed by atoms with van der Waals surface area (Å²) in [5.41, 5.74) is -1.21. The molecule has 1 N–H and O–H groups in total. The van der Waals surface area contributed by atoms with E-state index < -0.39 is 23.2 Å². The predicted molar refractivity (Wildman–Crippen MR) is 91.4 cm³/mol. The summed E-state index contributed by atoms with van der Waals surface area (Å²) in [7, 11) is 0. The Hall–Kier alpha value is -3.03. The van der Waals surface area contributed by atoms with Gasteiger partial charge >= 0.3 is 6.18 Å². The second kappa shape index (κ2) is 7.30. The second-order valence-corrected chi connectivity index (χ2v) is 6.14. The summed E-state index contributed by atoms with van der Waals surface area (Å²) in [6.07, 6.45) is -4.62. The summed E-state index contributed by atoms with van der Waals surface area (Å²) in [5, 5.41) is 9.79. The minimum Gasteiger partial charge on any atom is -0.507 e. The van der Waals surface area contributed by atoms with Crippen molar-refractivity contribution in [1.82, 2.24) is 9.80 Å². The Morgan fingerprint density at radius 3 is 1.74 bits per heavy atom. The van der Waals surface area contributed by atoms with E-state index in [0.717, 1.165) is 12.1 Å². The first-order chi connectivity index (χ1) is 12.8. The molecule has 0 spiro atoms. The monoisotopic (exact) mass is 378 g/mol. The highest BCUT2D eigenvalue weighted by atomic mass is 19.4. The van der Waals surface area contributed by atoms with Gasteiger partial charge in [0.15, 0.2) is 0 Å². The Kier molecular flexibility index (Phi) is 5.07. The molecule has 2 aromatic carbocycles. The molecule has 27 heavy (non-hydrogen) atoms. The highest BCUT2D eigenvalue weighted by Crippen LogP contribution is 2.32. The third-order valence-electron chi connectivity index (χ3n) is 4.45. The van der Waals surface area contributed by atoms with Crippen LogP contribution >= 0.6 is 0 Å². The summed E-state index contributed by atoms with van der Waals surface area (Å²) in [6, 6.07) is 10.8. The summed E-state index contributed by atoms with van der Waals surface area (Å²) in [5.74, 6) is -1.23. The van der Waals surface area contributed by atoms with Crippen molar-refractivity contribution in [3.63, 3.8) is 0 Å². The fourth-order valence-corrected chi connectivity index (χ4v) is 3.02. The minimum absolute atomic E-state index is 0.115. The van der Waals surface area contributed by atoms with Gasteiger partial charge in [0.25, 0.3) is 11.8 Å². The van der Waals surface area contributed by atoms with Crippen LogP contribution in [0.15, 0.2) is 48.5 Å². The molecule has 1 aliphatic heterocycles. The van der Waals surface area contributed by atoms with Crippen molar-refractivity contribution in [2.24, 2.45) is 0 Å². The Labute approximate surface area is 153 Å². The molecule has 142 valence electrons. The van der Waals surface area contributed by atoms with E-state index in [0.29, 0.717) is 0 Å². The zero-order valence-corrected chi connectivity index (χ0v) is 14.2. The van der Waals surface area contributed by atoms with Crippen LogP contribution in [0.25, 0.3) is 0 Å². The topological polar surface area (TPSA) is 60.9 Å². The Bertz CT molecular complexity index is 859. The SMILES string of the molecule is O=C(c1ccccc1O)N1CCN(C(=O)c2ccccc2C(F)(F)F)CC1. The van der Waals surface area contributed by atoms with Crippen molar-refractivity contribution in [3.05, 3.63) is 65.2 Å². The number of carbonyl (C=O) groups is 2. The number of alkyl halides is 3. The van der Waals surface area contributed by atoms with Crippen LogP contribution in [0.2, 0.25) is 0 Å². The van der Waals surface area contributed by atoms with Crippen molar-refractivity contribution in [2.45, 2.75) is 6.18 Å². The number of hydrogen-bond donors (Lipinski definition) is 1. The van der Waals surface area contributed by atoms with Crippen molar-refractivity contribution in [3.8, 4) is 5.75 Å². The zero-order chi connectivity index (χ0) is 19.6. The summed E-state index contributed by atoms with van der Waals surface area (Å²) in [4.78, 5) is 27.8. The van der Waals surface area contributed by atoms with E-state index in [1.807, 2.05) is 0 Å². The number of rotatable bonds is 2. The van der Waals surface area contributed by atoms with Gasteiger partial charge in [-0.2, -0.15) is 13.2 Å². The van der Waals surface area contributed by atoms with Gasteiger partial charge in [-0.1, -0.05) is 24.3 Å². The van der Waals surface area contributed by atoms with Gasteiger partial charge in [0.2, 0.25) is 0 Å². The molecule has 1 heterocycles. The Morgan fingerprint density at radius 1 is 0.778 bits per heavy atom. The molecule has 2 aromatic rings. The van der Waals surface area contributed by atoms with E-state index in [-0.39, 0.29) is 43.4 Å². The first-order valence-electron chi connectivity index (χ1n) is 8.32. The molecule has 1 aliphatic rings. The van der Waals surface area contributed by atoms with Gasteiger partial charge in [-0.3, -0.25) is 9.59 Å². The van der Waals surface area contributed by atoms with E-state index in [2.05, 4.69) is 0 Å². The van der Waals surface area contributed by atoms with Gasteiger partial charge in [0, 0.05) is 26.2 Å².